The molecule has 2 aliphatic rings. The number of aromatic amines is 1. The first-order valence-electron chi connectivity index (χ1n) is 10.2. The molecule has 1 saturated heterocycles. The van der Waals surface area contributed by atoms with Crippen molar-refractivity contribution in [3.63, 3.8) is 0 Å². The lowest BCUT2D eigenvalue weighted by atomic mass is 9.95. The van der Waals surface area contributed by atoms with Crippen LogP contribution in [0, 0.1) is 18.3 Å². The van der Waals surface area contributed by atoms with E-state index >= 15 is 0 Å². The Balaban J connectivity index is 1.39. The highest BCUT2D eigenvalue weighted by Gasteiger charge is 2.71. The molecule has 1 spiro atoms. The van der Waals surface area contributed by atoms with Gasteiger partial charge in [-0.15, -0.1) is 5.10 Å². The quantitative estimate of drug-likeness (QED) is 0.595. The Bertz CT molecular complexity index is 1020. The van der Waals surface area contributed by atoms with Gasteiger partial charge in [0.2, 0.25) is 0 Å². The van der Waals surface area contributed by atoms with Crippen molar-refractivity contribution in [2.45, 2.75) is 18.9 Å². The van der Waals surface area contributed by atoms with Gasteiger partial charge in [-0.1, -0.05) is 30.3 Å². The maximum atomic E-state index is 12.4. The minimum atomic E-state index is -0.517. The molecule has 1 saturated carbocycles. The van der Waals surface area contributed by atoms with Crippen LogP contribution in [0.4, 0.5) is 5.82 Å². The Morgan fingerprint density at radius 2 is 2.10 bits per heavy atom. The number of amides is 1. The molecule has 1 amide bonds. The summed E-state index contributed by atoms with van der Waals surface area (Å²) in [4.78, 5) is 21.3. The number of aliphatic hydroxyl groups excluding tert-OH is 1. The molecule has 8 nitrogen and oxygen atoms in total. The average molecular weight is 404 g/mol. The van der Waals surface area contributed by atoms with Gasteiger partial charge in [0.15, 0.2) is 11.6 Å². The number of β-amino-alcohol motifs (C(OH)–C–C–N with tert-alkyl or cyclic N) is 1. The smallest absolute Gasteiger partial charge is 0.287 e. The first-order valence-corrected chi connectivity index (χ1v) is 10.2. The van der Waals surface area contributed by atoms with Crippen LogP contribution in [0.1, 0.15) is 27.8 Å². The summed E-state index contributed by atoms with van der Waals surface area (Å²) in [7, 11) is 0. The van der Waals surface area contributed by atoms with Gasteiger partial charge < -0.3 is 20.3 Å². The second kappa shape index (κ2) is 7.21. The van der Waals surface area contributed by atoms with Crippen molar-refractivity contribution >= 4 is 11.7 Å². The minimum absolute atomic E-state index is 0.122. The van der Waals surface area contributed by atoms with E-state index in [1.54, 1.807) is 12.4 Å². The van der Waals surface area contributed by atoms with Crippen molar-refractivity contribution in [2.75, 3.05) is 24.5 Å². The van der Waals surface area contributed by atoms with Gasteiger partial charge >= 0.3 is 0 Å². The summed E-state index contributed by atoms with van der Waals surface area (Å²) in [6.07, 6.45) is 2.67. The number of H-pyrrole nitrogens is 1. The molecule has 154 valence electrons. The summed E-state index contributed by atoms with van der Waals surface area (Å²) in [5.74, 6) is 1.12. The van der Waals surface area contributed by atoms with Gasteiger partial charge in [0, 0.05) is 37.4 Å². The normalized spacial score (nSPS) is 27.4. The number of nitrogens with zero attached hydrogens (tertiary/aromatic N) is 4. The van der Waals surface area contributed by atoms with Crippen LogP contribution in [0.25, 0.3) is 0 Å². The Labute approximate surface area is 174 Å². The molecular weight excluding hydrogens is 380 g/mol. The molecule has 1 aliphatic heterocycles. The molecule has 2 fully saturated rings. The fourth-order valence-electron chi connectivity index (χ4n) is 5.01. The highest BCUT2D eigenvalue weighted by atomic mass is 16.3. The maximum Gasteiger partial charge on any atom is 0.287 e. The van der Waals surface area contributed by atoms with Gasteiger partial charge in [0.25, 0.3) is 5.91 Å². The van der Waals surface area contributed by atoms with Crippen LogP contribution >= 0.6 is 0 Å². The van der Waals surface area contributed by atoms with E-state index in [4.69, 9.17) is 0 Å². The number of rotatable bonds is 5. The molecule has 0 unspecified atom stereocenters. The van der Waals surface area contributed by atoms with Gasteiger partial charge in [-0.2, -0.15) is 5.10 Å². The van der Waals surface area contributed by atoms with Crippen LogP contribution in [0.5, 0.6) is 0 Å². The van der Waals surface area contributed by atoms with E-state index in [2.05, 4.69) is 42.5 Å². The topological polar surface area (TPSA) is 107 Å². The molecule has 8 heteroatoms. The fraction of sp³-hybridized carbons (Fsp3) is 0.364. The molecule has 1 aromatic carbocycles. The molecule has 0 radical (unpaired) electrons. The van der Waals surface area contributed by atoms with Gasteiger partial charge in [-0.25, -0.2) is 4.98 Å². The number of carbonyl (C=O) groups excluding carboxylic acids is 1. The summed E-state index contributed by atoms with van der Waals surface area (Å²) in [5, 5.41) is 22.6. The lowest BCUT2D eigenvalue weighted by molar-refractivity contribution is 0.0930. The first-order chi connectivity index (χ1) is 14.6. The number of imidazole rings is 1. The van der Waals surface area contributed by atoms with E-state index < -0.39 is 6.10 Å². The number of nitrogens with one attached hydrogen (secondary N) is 2. The van der Waals surface area contributed by atoms with Gasteiger partial charge in [0.05, 0.1) is 11.8 Å². The largest absolute Gasteiger partial charge is 0.391 e. The van der Waals surface area contributed by atoms with Crippen molar-refractivity contribution in [1.29, 1.82) is 0 Å². The molecule has 3 N–H and O–H groups in total. The molecule has 3 heterocycles. The average Bonchev–Trinajstić information content (AvgIpc) is 3.07. The van der Waals surface area contributed by atoms with Crippen LogP contribution in [-0.4, -0.2) is 56.9 Å². The molecule has 0 bridgehead atoms. The Morgan fingerprint density at radius 3 is 2.80 bits per heavy atom. The van der Waals surface area contributed by atoms with Crippen LogP contribution in [0.2, 0.25) is 0 Å². The SMILES string of the molecule is Cc1ccc(N2C[C@@H](O)[C@@]3(C2)[C@H](CNC(=O)c2ncc[nH]2)[C@H]3c2ccccc2)nn1. The number of aryl methyl sites for hydroxylation is 1. The molecule has 3 aromatic rings. The van der Waals surface area contributed by atoms with E-state index in [0.29, 0.717) is 25.5 Å². The number of hydrogen-bond donors (Lipinski definition) is 3. The van der Waals surface area contributed by atoms with Crippen LogP contribution in [-0.2, 0) is 0 Å². The number of aromatic nitrogens is 4. The van der Waals surface area contributed by atoms with Gasteiger partial charge in [0.1, 0.15) is 0 Å². The fourth-order valence-corrected chi connectivity index (χ4v) is 5.01. The highest BCUT2D eigenvalue weighted by Crippen LogP contribution is 2.68. The summed E-state index contributed by atoms with van der Waals surface area (Å²) in [6, 6.07) is 14.1. The summed E-state index contributed by atoms with van der Waals surface area (Å²) < 4.78 is 0. The van der Waals surface area contributed by atoms with Crippen molar-refractivity contribution in [3.05, 3.63) is 71.9 Å². The Hall–Kier alpha value is -3.26. The number of anilines is 1. The summed E-state index contributed by atoms with van der Waals surface area (Å²) in [6.45, 7) is 3.56. The second-order valence-electron chi connectivity index (χ2n) is 8.18. The Kier molecular flexibility index (Phi) is 4.51. The summed E-state index contributed by atoms with van der Waals surface area (Å²) >= 11 is 0. The molecule has 30 heavy (non-hydrogen) atoms. The second-order valence-corrected chi connectivity index (χ2v) is 8.18. The van der Waals surface area contributed by atoms with Gasteiger partial charge in [-0.3, -0.25) is 4.79 Å². The molecular formula is C22H24N6O2. The number of hydrogen-bond acceptors (Lipinski definition) is 6. The van der Waals surface area contributed by atoms with E-state index in [9.17, 15) is 9.90 Å². The number of benzene rings is 1. The third-order valence-electron chi connectivity index (χ3n) is 6.50. The monoisotopic (exact) mass is 404 g/mol. The lowest BCUT2D eigenvalue weighted by Crippen LogP contribution is -2.30. The number of aliphatic hydroxyl groups is 1. The summed E-state index contributed by atoms with van der Waals surface area (Å²) in [5.41, 5.74) is 1.72. The zero-order chi connectivity index (χ0) is 20.7. The molecule has 2 aromatic heterocycles. The number of carbonyl (C=O) groups is 1. The van der Waals surface area contributed by atoms with E-state index in [-0.39, 0.29) is 23.2 Å². The zero-order valence-electron chi connectivity index (χ0n) is 16.7. The van der Waals surface area contributed by atoms with E-state index in [1.807, 2.05) is 37.3 Å². The molecule has 5 rings (SSSR count). The standard InChI is InChI=1S/C22H24N6O2/c1-14-7-8-18(27-26-14)28-12-17(29)22(13-28)16(19(22)15-5-3-2-4-6-15)11-25-21(30)20-23-9-10-24-20/h2-10,16-17,19,29H,11-13H2,1H3,(H,23,24)(H,25,30)/t16-,17-,19-,22-/m1/s1. The van der Waals surface area contributed by atoms with E-state index in [0.717, 1.165) is 11.5 Å². The predicted molar refractivity (Wildman–Crippen MR) is 111 cm³/mol. The minimum Gasteiger partial charge on any atom is -0.391 e. The molecule has 4 atom stereocenters. The highest BCUT2D eigenvalue weighted by molar-refractivity contribution is 5.90. The van der Waals surface area contributed by atoms with Crippen molar-refractivity contribution < 1.29 is 9.90 Å². The van der Waals surface area contributed by atoms with Crippen LogP contribution in [0.15, 0.2) is 54.9 Å². The third kappa shape index (κ3) is 3.04. The lowest BCUT2D eigenvalue weighted by Gasteiger charge is -2.17. The first kappa shape index (κ1) is 18.7. The Morgan fingerprint density at radius 1 is 1.27 bits per heavy atom. The van der Waals surface area contributed by atoms with Gasteiger partial charge in [-0.05, 0) is 36.5 Å². The molecule has 1 aliphatic carbocycles. The van der Waals surface area contributed by atoms with Crippen molar-refractivity contribution in [2.24, 2.45) is 11.3 Å². The van der Waals surface area contributed by atoms with Crippen molar-refractivity contribution in [3.8, 4) is 0 Å². The zero-order valence-corrected chi connectivity index (χ0v) is 16.7. The van der Waals surface area contributed by atoms with E-state index in [1.165, 1.54) is 5.56 Å². The van der Waals surface area contributed by atoms with Crippen LogP contribution < -0.4 is 10.2 Å². The maximum absolute atomic E-state index is 12.4. The van der Waals surface area contributed by atoms with Crippen molar-refractivity contribution in [1.82, 2.24) is 25.5 Å². The van der Waals surface area contributed by atoms with Crippen LogP contribution in [0.3, 0.4) is 0 Å². The predicted octanol–water partition coefficient (Wildman–Crippen LogP) is 1.52. The third-order valence-corrected chi connectivity index (χ3v) is 6.50.